The SMILES string of the molecule is Cc1ccc2c(c1)CN(C1CCC(=O)NC1=O)C2=O.FC1(F)CCC(NC2CCCCC2)CC1. The van der Waals surface area contributed by atoms with E-state index in [0.717, 1.165) is 11.1 Å². The van der Waals surface area contributed by atoms with Gasteiger partial charge in [-0.2, -0.15) is 0 Å². The molecule has 6 nitrogen and oxygen atoms in total. The van der Waals surface area contributed by atoms with Gasteiger partial charge >= 0.3 is 0 Å². The Balaban J connectivity index is 0.000000166. The summed E-state index contributed by atoms with van der Waals surface area (Å²) in [5.41, 5.74) is 2.71. The Labute approximate surface area is 199 Å². The predicted molar refractivity (Wildman–Crippen MR) is 124 cm³/mol. The first-order chi connectivity index (χ1) is 16.2. The molecule has 2 aliphatic heterocycles. The normalized spacial score (nSPS) is 25.4. The maximum absolute atomic E-state index is 12.9. The first-order valence-corrected chi connectivity index (χ1v) is 12.6. The molecular weight excluding hydrogens is 440 g/mol. The number of piperidine rings is 1. The third kappa shape index (κ3) is 6.01. The highest BCUT2D eigenvalue weighted by Crippen LogP contribution is 2.34. The third-order valence-electron chi connectivity index (χ3n) is 7.47. The van der Waals surface area contributed by atoms with Crippen LogP contribution < -0.4 is 10.6 Å². The lowest BCUT2D eigenvalue weighted by molar-refractivity contribution is -0.136. The van der Waals surface area contributed by atoms with E-state index >= 15 is 0 Å². The van der Waals surface area contributed by atoms with Gasteiger partial charge < -0.3 is 10.2 Å². The van der Waals surface area contributed by atoms with Crippen LogP contribution in [0, 0.1) is 6.92 Å². The number of nitrogens with zero attached hydrogens (tertiary/aromatic N) is 1. The molecule has 2 N–H and O–H groups in total. The van der Waals surface area contributed by atoms with E-state index in [-0.39, 0.29) is 37.0 Å². The molecule has 0 spiro atoms. The van der Waals surface area contributed by atoms with Gasteiger partial charge in [-0.05, 0) is 50.7 Å². The smallest absolute Gasteiger partial charge is 0.255 e. The largest absolute Gasteiger partial charge is 0.322 e. The maximum atomic E-state index is 12.9. The van der Waals surface area contributed by atoms with Crippen LogP contribution in [0.5, 0.6) is 0 Å². The van der Waals surface area contributed by atoms with Gasteiger partial charge in [-0.15, -0.1) is 0 Å². The Bertz CT molecular complexity index is 920. The van der Waals surface area contributed by atoms with Crippen molar-refractivity contribution in [3.05, 3.63) is 34.9 Å². The van der Waals surface area contributed by atoms with Crippen molar-refractivity contribution < 1.29 is 23.2 Å². The standard InChI is InChI=1S/C14H14N2O3.C12H21F2N/c1-8-2-3-10-9(6-8)7-16(14(10)19)11-4-5-12(17)15-13(11)18;13-12(14)8-6-11(7-9-12)15-10-4-2-1-3-5-10/h2-3,6,11H,4-5,7H2,1H3,(H,15,17,18);10-11,15H,1-9H2. The number of hydrogen-bond acceptors (Lipinski definition) is 4. The molecule has 186 valence electrons. The molecule has 8 heteroatoms. The number of rotatable bonds is 3. The van der Waals surface area contributed by atoms with Crippen molar-refractivity contribution in [2.75, 3.05) is 0 Å². The minimum Gasteiger partial charge on any atom is -0.322 e. The van der Waals surface area contributed by atoms with E-state index < -0.39 is 12.0 Å². The van der Waals surface area contributed by atoms with E-state index in [1.807, 2.05) is 19.1 Å². The molecule has 34 heavy (non-hydrogen) atoms. The van der Waals surface area contributed by atoms with Crippen molar-refractivity contribution in [1.29, 1.82) is 0 Å². The number of fused-ring (bicyclic) bond motifs is 1. The zero-order valence-corrected chi connectivity index (χ0v) is 19.9. The van der Waals surface area contributed by atoms with Gasteiger partial charge in [0.05, 0.1) is 0 Å². The molecule has 2 saturated carbocycles. The lowest BCUT2D eigenvalue weighted by Crippen LogP contribution is -2.52. The molecule has 0 bridgehead atoms. The van der Waals surface area contributed by atoms with E-state index in [4.69, 9.17) is 0 Å². The topological polar surface area (TPSA) is 78.5 Å². The number of imide groups is 1. The Hall–Kier alpha value is -2.35. The molecule has 4 aliphatic rings. The fraction of sp³-hybridized carbons (Fsp3) is 0.654. The van der Waals surface area contributed by atoms with E-state index in [2.05, 4.69) is 10.6 Å². The third-order valence-corrected chi connectivity index (χ3v) is 7.47. The molecule has 0 radical (unpaired) electrons. The summed E-state index contributed by atoms with van der Waals surface area (Å²) in [5, 5.41) is 5.86. The maximum Gasteiger partial charge on any atom is 0.255 e. The van der Waals surface area contributed by atoms with Crippen LogP contribution in [0.15, 0.2) is 18.2 Å². The molecule has 1 aromatic rings. The minimum atomic E-state index is -2.38. The number of amides is 3. The average Bonchev–Trinajstić information content (AvgIpc) is 3.12. The fourth-order valence-corrected chi connectivity index (χ4v) is 5.51. The summed E-state index contributed by atoms with van der Waals surface area (Å²) in [6.45, 7) is 2.42. The van der Waals surface area contributed by atoms with E-state index in [9.17, 15) is 23.2 Å². The second-order valence-corrected chi connectivity index (χ2v) is 10.2. The minimum absolute atomic E-state index is 0.0807. The highest BCUT2D eigenvalue weighted by Gasteiger charge is 2.39. The number of alkyl halides is 2. The summed E-state index contributed by atoms with van der Waals surface area (Å²) in [7, 11) is 0. The zero-order valence-electron chi connectivity index (χ0n) is 19.9. The average molecular weight is 476 g/mol. The van der Waals surface area contributed by atoms with Crippen LogP contribution in [0.4, 0.5) is 8.78 Å². The molecule has 1 aromatic carbocycles. The number of nitrogens with one attached hydrogen (secondary N) is 2. The molecule has 2 heterocycles. The van der Waals surface area contributed by atoms with Gasteiger partial charge in [0, 0.05) is 43.5 Å². The van der Waals surface area contributed by atoms with Crippen molar-refractivity contribution in [1.82, 2.24) is 15.5 Å². The van der Waals surface area contributed by atoms with Crippen LogP contribution in [-0.4, -0.2) is 46.7 Å². The summed E-state index contributed by atoms with van der Waals surface area (Å²) in [5.74, 6) is -3.13. The molecule has 2 aliphatic carbocycles. The Morgan fingerprint density at radius 3 is 2.32 bits per heavy atom. The highest BCUT2D eigenvalue weighted by molar-refractivity contribution is 6.05. The zero-order chi connectivity index (χ0) is 24.3. The first kappa shape index (κ1) is 24.8. The molecule has 0 aromatic heterocycles. The number of hydrogen-bond donors (Lipinski definition) is 2. The van der Waals surface area contributed by atoms with Crippen molar-refractivity contribution in [3.8, 4) is 0 Å². The molecule has 5 rings (SSSR count). The molecule has 1 atom stereocenters. The number of halogens is 2. The lowest BCUT2D eigenvalue weighted by Gasteiger charge is -2.33. The number of benzene rings is 1. The van der Waals surface area contributed by atoms with Gasteiger partial charge in [0.25, 0.3) is 5.91 Å². The van der Waals surface area contributed by atoms with Crippen LogP contribution >= 0.6 is 0 Å². The molecule has 3 fully saturated rings. The van der Waals surface area contributed by atoms with Gasteiger partial charge in [0.15, 0.2) is 0 Å². The van der Waals surface area contributed by atoms with Crippen LogP contribution in [-0.2, 0) is 16.1 Å². The Morgan fingerprint density at radius 1 is 0.971 bits per heavy atom. The van der Waals surface area contributed by atoms with Gasteiger partial charge in [-0.1, -0.05) is 37.0 Å². The summed E-state index contributed by atoms with van der Waals surface area (Å²) in [6.07, 6.45) is 8.61. The number of aryl methyl sites for hydroxylation is 1. The summed E-state index contributed by atoms with van der Waals surface area (Å²) < 4.78 is 25.9. The van der Waals surface area contributed by atoms with Gasteiger partial charge in [-0.25, -0.2) is 8.78 Å². The van der Waals surface area contributed by atoms with Crippen LogP contribution in [0.2, 0.25) is 0 Å². The molecular formula is C26H35F2N3O3. The second-order valence-electron chi connectivity index (χ2n) is 10.2. The summed E-state index contributed by atoms with van der Waals surface area (Å²) in [4.78, 5) is 36.8. The summed E-state index contributed by atoms with van der Waals surface area (Å²) in [6, 6.07) is 6.10. The van der Waals surface area contributed by atoms with E-state index in [0.29, 0.717) is 43.5 Å². The van der Waals surface area contributed by atoms with Gasteiger partial charge in [-0.3, -0.25) is 19.7 Å². The van der Waals surface area contributed by atoms with Crippen molar-refractivity contribution in [2.45, 2.75) is 108 Å². The van der Waals surface area contributed by atoms with E-state index in [1.165, 1.54) is 32.1 Å². The Morgan fingerprint density at radius 2 is 1.65 bits per heavy atom. The van der Waals surface area contributed by atoms with Crippen molar-refractivity contribution >= 4 is 17.7 Å². The van der Waals surface area contributed by atoms with Crippen molar-refractivity contribution in [3.63, 3.8) is 0 Å². The quantitative estimate of drug-likeness (QED) is 0.641. The van der Waals surface area contributed by atoms with Gasteiger partial charge in [0.2, 0.25) is 17.7 Å². The Kier molecular flexibility index (Phi) is 7.65. The number of carbonyl (C=O) groups is 3. The van der Waals surface area contributed by atoms with Gasteiger partial charge in [0.1, 0.15) is 6.04 Å². The fourth-order valence-electron chi connectivity index (χ4n) is 5.51. The molecule has 1 unspecified atom stereocenters. The van der Waals surface area contributed by atoms with Crippen LogP contribution in [0.25, 0.3) is 0 Å². The monoisotopic (exact) mass is 475 g/mol. The molecule has 1 saturated heterocycles. The second kappa shape index (κ2) is 10.5. The highest BCUT2D eigenvalue weighted by atomic mass is 19.3. The lowest BCUT2D eigenvalue weighted by atomic mass is 9.89. The summed E-state index contributed by atoms with van der Waals surface area (Å²) >= 11 is 0. The number of carbonyl (C=O) groups excluding carboxylic acids is 3. The van der Waals surface area contributed by atoms with Crippen LogP contribution in [0.1, 0.15) is 92.1 Å². The van der Waals surface area contributed by atoms with Crippen molar-refractivity contribution in [2.24, 2.45) is 0 Å². The predicted octanol–water partition coefficient (Wildman–Crippen LogP) is 4.24. The molecule has 3 amide bonds. The van der Waals surface area contributed by atoms with Crippen LogP contribution in [0.3, 0.4) is 0 Å². The van der Waals surface area contributed by atoms with E-state index in [1.54, 1.807) is 11.0 Å². The first-order valence-electron chi connectivity index (χ1n) is 12.6.